The molecule has 4 heteroatoms. The van der Waals surface area contributed by atoms with Crippen molar-refractivity contribution in [1.29, 1.82) is 0 Å². The molecule has 0 spiro atoms. The summed E-state index contributed by atoms with van der Waals surface area (Å²) in [6, 6.07) is 16.4. The summed E-state index contributed by atoms with van der Waals surface area (Å²) in [7, 11) is 0. The minimum Gasteiger partial charge on any atom is -0.368 e. The molecule has 0 unspecified atom stereocenters. The lowest BCUT2D eigenvalue weighted by Crippen LogP contribution is -2.47. The zero-order chi connectivity index (χ0) is 22.3. The molecular formula is C27H38N2O2. The Labute approximate surface area is 187 Å². The molecule has 2 aromatic rings. The van der Waals surface area contributed by atoms with Gasteiger partial charge in [-0.1, -0.05) is 95.5 Å². The fourth-order valence-corrected chi connectivity index (χ4v) is 4.47. The molecule has 1 aliphatic rings. The predicted molar refractivity (Wildman–Crippen MR) is 129 cm³/mol. The molecule has 0 radical (unpaired) electrons. The van der Waals surface area contributed by atoms with Crippen molar-refractivity contribution >= 4 is 11.7 Å². The van der Waals surface area contributed by atoms with E-state index in [1.54, 1.807) is 0 Å². The fourth-order valence-electron chi connectivity index (χ4n) is 4.47. The Balaban J connectivity index is 1.68. The third kappa shape index (κ3) is 6.33. The summed E-state index contributed by atoms with van der Waals surface area (Å²) in [6.07, 6.45) is 5.50. The Bertz CT molecular complexity index is 813. The Morgan fingerprint density at radius 1 is 0.903 bits per heavy atom. The van der Waals surface area contributed by atoms with Crippen LogP contribution >= 0.6 is 0 Å². The van der Waals surface area contributed by atoms with Gasteiger partial charge in [-0.05, 0) is 41.4 Å². The third-order valence-electron chi connectivity index (χ3n) is 6.34. The number of amides is 2. The summed E-state index contributed by atoms with van der Waals surface area (Å²) in [5, 5.41) is 6.30. The van der Waals surface area contributed by atoms with E-state index in [-0.39, 0.29) is 11.6 Å². The van der Waals surface area contributed by atoms with E-state index in [9.17, 15) is 4.79 Å². The minimum atomic E-state index is -0.288. The Kier molecular flexibility index (Phi) is 8.14. The van der Waals surface area contributed by atoms with Crippen molar-refractivity contribution < 1.29 is 9.53 Å². The minimum absolute atomic E-state index is 0.150. The van der Waals surface area contributed by atoms with Gasteiger partial charge in [-0.25, -0.2) is 4.79 Å². The van der Waals surface area contributed by atoms with E-state index in [4.69, 9.17) is 4.74 Å². The Morgan fingerprint density at radius 2 is 1.52 bits per heavy atom. The highest BCUT2D eigenvalue weighted by molar-refractivity contribution is 5.91. The molecule has 0 saturated heterocycles. The fraction of sp³-hybridized carbons (Fsp3) is 0.519. The second-order valence-corrected chi connectivity index (χ2v) is 9.45. The number of carbonyl (C=O) groups is 1. The molecule has 1 saturated carbocycles. The van der Waals surface area contributed by atoms with Crippen molar-refractivity contribution in [2.24, 2.45) is 0 Å². The maximum atomic E-state index is 12.9. The maximum Gasteiger partial charge on any atom is 0.319 e. The molecule has 0 atom stereocenters. The highest BCUT2D eigenvalue weighted by atomic mass is 16.5. The first-order chi connectivity index (χ1) is 14.9. The van der Waals surface area contributed by atoms with E-state index >= 15 is 0 Å². The number of hydrogen-bond acceptors (Lipinski definition) is 2. The number of ether oxygens (including phenoxy) is 1. The summed E-state index contributed by atoms with van der Waals surface area (Å²) < 4.78 is 6.44. The zero-order valence-corrected chi connectivity index (χ0v) is 19.5. The largest absolute Gasteiger partial charge is 0.368 e. The summed E-state index contributed by atoms with van der Waals surface area (Å²) in [4.78, 5) is 12.9. The van der Waals surface area contributed by atoms with Crippen molar-refractivity contribution in [3.05, 3.63) is 65.2 Å². The maximum absolute atomic E-state index is 12.9. The van der Waals surface area contributed by atoms with Crippen LogP contribution in [0.25, 0.3) is 0 Å². The van der Waals surface area contributed by atoms with Gasteiger partial charge < -0.3 is 15.4 Å². The van der Waals surface area contributed by atoms with Crippen molar-refractivity contribution in [3.63, 3.8) is 0 Å². The van der Waals surface area contributed by atoms with Gasteiger partial charge in [0.05, 0.1) is 12.2 Å². The van der Waals surface area contributed by atoms with Crippen LogP contribution in [0.4, 0.5) is 10.5 Å². The van der Waals surface area contributed by atoms with Crippen LogP contribution in [-0.2, 0) is 11.3 Å². The van der Waals surface area contributed by atoms with E-state index in [2.05, 4.69) is 68.7 Å². The van der Waals surface area contributed by atoms with Gasteiger partial charge in [-0.3, -0.25) is 0 Å². The van der Waals surface area contributed by atoms with Crippen LogP contribution < -0.4 is 10.6 Å². The van der Waals surface area contributed by atoms with Crippen LogP contribution in [0.5, 0.6) is 0 Å². The van der Waals surface area contributed by atoms with Gasteiger partial charge in [0.2, 0.25) is 0 Å². The van der Waals surface area contributed by atoms with Crippen LogP contribution in [0.3, 0.4) is 0 Å². The van der Waals surface area contributed by atoms with Gasteiger partial charge in [-0.15, -0.1) is 0 Å². The lowest BCUT2D eigenvalue weighted by molar-refractivity contribution is -0.0766. The van der Waals surface area contributed by atoms with Gasteiger partial charge in [-0.2, -0.15) is 0 Å². The van der Waals surface area contributed by atoms with E-state index in [1.807, 2.05) is 18.2 Å². The number of benzene rings is 2. The van der Waals surface area contributed by atoms with Crippen LogP contribution in [-0.4, -0.2) is 18.2 Å². The highest BCUT2D eigenvalue weighted by Crippen LogP contribution is 2.34. The number of carbonyl (C=O) groups excluding carboxylic acids is 1. The number of nitrogens with one attached hydrogen (secondary N) is 2. The lowest BCUT2D eigenvalue weighted by atomic mass is 9.84. The monoisotopic (exact) mass is 422 g/mol. The summed E-state index contributed by atoms with van der Waals surface area (Å²) >= 11 is 0. The molecule has 2 N–H and O–H groups in total. The van der Waals surface area contributed by atoms with Crippen molar-refractivity contribution in [3.8, 4) is 0 Å². The molecule has 0 aromatic heterocycles. The standard InChI is InChI=1S/C27H38N2O2/c1-20(2)23-14-11-15-24(21(3)4)25(23)29-26(30)28-19-27(16-9-6-10-17-27)31-18-22-12-7-5-8-13-22/h5,7-8,11-15,20-21H,6,9-10,16-19H2,1-4H3,(H2,28,29,30). The van der Waals surface area contributed by atoms with Gasteiger partial charge in [0.25, 0.3) is 0 Å². The van der Waals surface area contributed by atoms with E-state index < -0.39 is 0 Å². The highest BCUT2D eigenvalue weighted by Gasteiger charge is 2.33. The van der Waals surface area contributed by atoms with Gasteiger partial charge in [0.15, 0.2) is 0 Å². The molecule has 0 aliphatic heterocycles. The van der Waals surface area contributed by atoms with Gasteiger partial charge in [0, 0.05) is 12.2 Å². The summed E-state index contributed by atoms with van der Waals surface area (Å²) in [5.41, 5.74) is 4.18. The first-order valence-corrected chi connectivity index (χ1v) is 11.8. The molecule has 0 heterocycles. The Morgan fingerprint density at radius 3 is 2.10 bits per heavy atom. The second-order valence-electron chi connectivity index (χ2n) is 9.45. The topological polar surface area (TPSA) is 50.4 Å². The smallest absolute Gasteiger partial charge is 0.319 e. The average molecular weight is 423 g/mol. The average Bonchev–Trinajstić information content (AvgIpc) is 2.77. The summed E-state index contributed by atoms with van der Waals surface area (Å²) in [5.74, 6) is 0.681. The first-order valence-electron chi connectivity index (χ1n) is 11.8. The van der Waals surface area contributed by atoms with Crippen LogP contribution in [0, 0.1) is 0 Å². The lowest BCUT2D eigenvalue weighted by Gasteiger charge is -2.37. The number of rotatable bonds is 8. The van der Waals surface area contributed by atoms with Crippen molar-refractivity contribution in [2.45, 2.75) is 83.8 Å². The quantitative estimate of drug-likeness (QED) is 0.482. The molecule has 0 bridgehead atoms. The van der Waals surface area contributed by atoms with E-state index in [0.717, 1.165) is 31.4 Å². The van der Waals surface area contributed by atoms with Crippen molar-refractivity contribution in [1.82, 2.24) is 5.32 Å². The molecule has 4 nitrogen and oxygen atoms in total. The zero-order valence-electron chi connectivity index (χ0n) is 19.5. The molecule has 2 amide bonds. The number of anilines is 1. The molecule has 31 heavy (non-hydrogen) atoms. The summed E-state index contributed by atoms with van der Waals surface area (Å²) in [6.45, 7) is 9.77. The molecule has 168 valence electrons. The second kappa shape index (κ2) is 10.8. The van der Waals surface area contributed by atoms with Gasteiger partial charge in [0.1, 0.15) is 0 Å². The van der Waals surface area contributed by atoms with Crippen molar-refractivity contribution in [2.75, 3.05) is 11.9 Å². The molecule has 1 aliphatic carbocycles. The number of hydrogen-bond donors (Lipinski definition) is 2. The predicted octanol–water partition coefficient (Wildman–Crippen LogP) is 6.97. The SMILES string of the molecule is CC(C)c1cccc(C(C)C)c1NC(=O)NCC1(OCc2ccccc2)CCCCC1. The van der Waals surface area contributed by atoms with Crippen LogP contribution in [0.1, 0.15) is 88.3 Å². The molecule has 2 aromatic carbocycles. The van der Waals surface area contributed by atoms with Crippen LogP contribution in [0.2, 0.25) is 0 Å². The third-order valence-corrected chi connectivity index (χ3v) is 6.34. The number of urea groups is 1. The molecular weight excluding hydrogens is 384 g/mol. The van der Waals surface area contributed by atoms with Crippen LogP contribution in [0.15, 0.2) is 48.5 Å². The van der Waals surface area contributed by atoms with Gasteiger partial charge >= 0.3 is 6.03 Å². The molecule has 3 rings (SSSR count). The molecule has 1 fully saturated rings. The van der Waals surface area contributed by atoms with E-state index in [1.165, 1.54) is 23.1 Å². The van der Waals surface area contributed by atoms with E-state index in [0.29, 0.717) is 25.0 Å². The number of para-hydroxylation sites is 1. The normalized spacial score (nSPS) is 15.8. The first kappa shape index (κ1) is 23.3. The Hall–Kier alpha value is -2.33.